The molecule has 3 amide bonds. The van der Waals surface area contributed by atoms with Crippen molar-refractivity contribution in [2.24, 2.45) is 0 Å². The Labute approximate surface area is 104 Å². The summed E-state index contributed by atoms with van der Waals surface area (Å²) < 4.78 is 0.997. The van der Waals surface area contributed by atoms with Crippen molar-refractivity contribution in [3.05, 3.63) is 20.8 Å². The molecule has 1 heterocycles. The van der Waals surface area contributed by atoms with Crippen LogP contribution in [0.5, 0.6) is 0 Å². The van der Waals surface area contributed by atoms with E-state index >= 15 is 0 Å². The molecule has 0 aliphatic rings. The number of carbonyl (C=O) groups excluding carboxylic acids is 2. The predicted molar refractivity (Wildman–Crippen MR) is 63.1 cm³/mol. The van der Waals surface area contributed by atoms with E-state index in [1.807, 2.05) is 12.1 Å². The fourth-order valence-electron chi connectivity index (χ4n) is 0.818. The summed E-state index contributed by atoms with van der Waals surface area (Å²) >= 11 is 10.0. The van der Waals surface area contributed by atoms with Gasteiger partial charge in [0.05, 0.1) is 10.3 Å². The van der Waals surface area contributed by atoms with Gasteiger partial charge in [0.25, 0.3) is 0 Å². The lowest BCUT2D eigenvalue weighted by Gasteiger charge is -2.03. The third-order valence-corrected chi connectivity index (χ3v) is 3.29. The van der Waals surface area contributed by atoms with Crippen molar-refractivity contribution >= 4 is 50.8 Å². The molecule has 0 aliphatic heterocycles. The van der Waals surface area contributed by atoms with Gasteiger partial charge in [-0.05, 0) is 28.1 Å². The molecule has 1 aromatic heterocycles. The number of urea groups is 1. The van der Waals surface area contributed by atoms with Crippen LogP contribution in [0, 0.1) is 0 Å². The standard InChI is InChI=1S/C8H8BrClN2O2S/c9-6-2-1-5(15-6)4-11-8(14)12-7(13)3-10/h1-2H,3-4H2,(H2,11,12,13,14). The van der Waals surface area contributed by atoms with Crippen LogP contribution in [-0.2, 0) is 11.3 Å². The highest BCUT2D eigenvalue weighted by atomic mass is 79.9. The minimum absolute atomic E-state index is 0.224. The Morgan fingerprint density at radius 1 is 1.47 bits per heavy atom. The summed E-state index contributed by atoms with van der Waals surface area (Å²) in [5.74, 6) is -0.737. The second-order valence-electron chi connectivity index (χ2n) is 2.57. The van der Waals surface area contributed by atoms with E-state index in [0.29, 0.717) is 6.54 Å². The molecule has 0 unspecified atom stereocenters. The summed E-state index contributed by atoms with van der Waals surface area (Å²) in [5.41, 5.74) is 0. The highest BCUT2D eigenvalue weighted by Gasteiger charge is 2.05. The zero-order chi connectivity index (χ0) is 11.3. The first kappa shape index (κ1) is 12.5. The Morgan fingerprint density at radius 3 is 2.73 bits per heavy atom. The lowest BCUT2D eigenvalue weighted by atomic mass is 10.5. The summed E-state index contributed by atoms with van der Waals surface area (Å²) in [4.78, 5) is 22.8. The Bertz CT molecular complexity index is 369. The first-order valence-electron chi connectivity index (χ1n) is 3.99. The van der Waals surface area contributed by atoms with Crippen LogP contribution in [0.2, 0.25) is 0 Å². The van der Waals surface area contributed by atoms with Gasteiger partial charge in [0.1, 0.15) is 5.88 Å². The van der Waals surface area contributed by atoms with Crippen LogP contribution in [-0.4, -0.2) is 17.8 Å². The average Bonchev–Trinajstić information content (AvgIpc) is 2.61. The molecule has 82 valence electrons. The van der Waals surface area contributed by atoms with Gasteiger partial charge < -0.3 is 5.32 Å². The molecule has 0 atom stereocenters. The van der Waals surface area contributed by atoms with Gasteiger partial charge >= 0.3 is 6.03 Å². The SMILES string of the molecule is O=C(CCl)NC(=O)NCc1ccc(Br)s1. The van der Waals surface area contributed by atoms with Gasteiger partial charge in [0.15, 0.2) is 0 Å². The Hall–Kier alpha value is -0.590. The van der Waals surface area contributed by atoms with Gasteiger partial charge in [-0.3, -0.25) is 10.1 Å². The van der Waals surface area contributed by atoms with Crippen molar-refractivity contribution < 1.29 is 9.59 Å². The lowest BCUT2D eigenvalue weighted by Crippen LogP contribution is -2.39. The molecule has 1 aromatic rings. The molecule has 4 nitrogen and oxygen atoms in total. The van der Waals surface area contributed by atoms with Gasteiger partial charge in [-0.25, -0.2) is 4.79 Å². The van der Waals surface area contributed by atoms with Gasteiger partial charge in [-0.15, -0.1) is 22.9 Å². The van der Waals surface area contributed by atoms with Crippen molar-refractivity contribution in [3.63, 3.8) is 0 Å². The maximum absolute atomic E-state index is 11.1. The van der Waals surface area contributed by atoms with E-state index in [4.69, 9.17) is 11.6 Å². The van der Waals surface area contributed by atoms with Crippen LogP contribution in [0.1, 0.15) is 4.88 Å². The molecule has 15 heavy (non-hydrogen) atoms. The van der Waals surface area contributed by atoms with Gasteiger partial charge in [0.2, 0.25) is 5.91 Å². The van der Waals surface area contributed by atoms with Gasteiger partial charge in [-0.1, -0.05) is 0 Å². The highest BCUT2D eigenvalue weighted by molar-refractivity contribution is 9.11. The van der Waals surface area contributed by atoms with E-state index in [2.05, 4.69) is 26.6 Å². The topological polar surface area (TPSA) is 58.2 Å². The molecular formula is C8H8BrClN2O2S. The van der Waals surface area contributed by atoms with E-state index in [-0.39, 0.29) is 5.88 Å². The third-order valence-electron chi connectivity index (χ3n) is 1.43. The minimum Gasteiger partial charge on any atom is -0.333 e. The number of carbonyl (C=O) groups is 2. The fraction of sp³-hybridized carbons (Fsp3) is 0.250. The van der Waals surface area contributed by atoms with Crippen molar-refractivity contribution in [3.8, 4) is 0 Å². The second-order valence-corrected chi connectivity index (χ2v) is 5.39. The molecule has 0 bridgehead atoms. The largest absolute Gasteiger partial charge is 0.333 e. The zero-order valence-electron chi connectivity index (χ0n) is 7.55. The average molecular weight is 312 g/mol. The van der Waals surface area contributed by atoms with Gasteiger partial charge in [-0.2, -0.15) is 0 Å². The number of alkyl halides is 1. The van der Waals surface area contributed by atoms with Crippen LogP contribution < -0.4 is 10.6 Å². The summed E-state index contributed by atoms with van der Waals surface area (Å²) in [6.07, 6.45) is 0. The van der Waals surface area contributed by atoms with Crippen molar-refractivity contribution in [2.75, 3.05) is 5.88 Å². The molecular weight excluding hydrogens is 304 g/mol. The molecule has 0 spiro atoms. The number of rotatable bonds is 3. The number of halogens is 2. The quantitative estimate of drug-likeness (QED) is 0.840. The Kier molecular flexibility index (Phi) is 5.07. The van der Waals surface area contributed by atoms with Gasteiger partial charge in [0, 0.05) is 4.88 Å². The van der Waals surface area contributed by atoms with Crippen LogP contribution in [0.4, 0.5) is 4.79 Å². The van der Waals surface area contributed by atoms with Crippen LogP contribution >= 0.6 is 38.9 Å². The zero-order valence-corrected chi connectivity index (χ0v) is 10.7. The van der Waals surface area contributed by atoms with E-state index < -0.39 is 11.9 Å². The molecule has 0 radical (unpaired) electrons. The van der Waals surface area contributed by atoms with E-state index in [1.165, 1.54) is 11.3 Å². The van der Waals surface area contributed by atoms with Crippen LogP contribution in [0.3, 0.4) is 0 Å². The maximum atomic E-state index is 11.1. The van der Waals surface area contributed by atoms with Crippen LogP contribution in [0.25, 0.3) is 0 Å². The summed E-state index contributed by atoms with van der Waals surface area (Å²) in [6, 6.07) is 3.24. The normalized spacial score (nSPS) is 9.73. The number of hydrogen-bond donors (Lipinski definition) is 2. The Balaban J connectivity index is 2.31. The first-order chi connectivity index (χ1) is 7.11. The number of amides is 3. The molecule has 0 aliphatic carbocycles. The molecule has 0 saturated heterocycles. The predicted octanol–water partition coefficient (Wildman–Crippen LogP) is 2.08. The fourth-order valence-corrected chi connectivity index (χ4v) is 2.31. The van der Waals surface area contributed by atoms with Crippen molar-refractivity contribution in [2.45, 2.75) is 6.54 Å². The van der Waals surface area contributed by atoms with E-state index in [0.717, 1.165) is 8.66 Å². The summed E-state index contributed by atoms with van der Waals surface area (Å²) in [6.45, 7) is 0.387. The number of hydrogen-bond acceptors (Lipinski definition) is 3. The summed E-state index contributed by atoms with van der Waals surface area (Å²) in [7, 11) is 0. The minimum atomic E-state index is -0.537. The first-order valence-corrected chi connectivity index (χ1v) is 6.14. The molecule has 1 rings (SSSR count). The third kappa shape index (κ3) is 4.63. The maximum Gasteiger partial charge on any atom is 0.321 e. The highest BCUT2D eigenvalue weighted by Crippen LogP contribution is 2.21. The van der Waals surface area contributed by atoms with Crippen molar-refractivity contribution in [1.29, 1.82) is 0 Å². The molecule has 2 N–H and O–H groups in total. The molecule has 7 heteroatoms. The lowest BCUT2D eigenvalue weighted by molar-refractivity contribution is -0.117. The van der Waals surface area contributed by atoms with Crippen LogP contribution in [0.15, 0.2) is 15.9 Å². The molecule has 0 saturated carbocycles. The molecule has 0 aromatic carbocycles. The molecule has 0 fully saturated rings. The summed E-state index contributed by atoms with van der Waals surface area (Å²) in [5, 5.41) is 4.62. The van der Waals surface area contributed by atoms with E-state index in [1.54, 1.807) is 0 Å². The van der Waals surface area contributed by atoms with E-state index in [9.17, 15) is 9.59 Å². The number of nitrogens with one attached hydrogen (secondary N) is 2. The van der Waals surface area contributed by atoms with Crippen molar-refractivity contribution in [1.82, 2.24) is 10.6 Å². The monoisotopic (exact) mass is 310 g/mol. The smallest absolute Gasteiger partial charge is 0.321 e. The Morgan fingerprint density at radius 2 is 2.20 bits per heavy atom. The number of thiophene rings is 1. The second kappa shape index (κ2) is 6.09. The number of imide groups is 1.